The second-order valence-corrected chi connectivity index (χ2v) is 4.10. The van der Waals surface area contributed by atoms with Crippen LogP contribution in [0.15, 0.2) is 0 Å². The first-order valence-electron chi connectivity index (χ1n) is 4.73. The zero-order valence-electron chi connectivity index (χ0n) is 9.50. The molecule has 0 aromatic carbocycles. The number of hydrogen-bond acceptors (Lipinski definition) is 2. The van der Waals surface area contributed by atoms with E-state index in [-0.39, 0.29) is 5.91 Å². The highest BCUT2D eigenvalue weighted by Crippen LogP contribution is 2.28. The Balaban J connectivity index is 4.69. The minimum absolute atomic E-state index is 0.125. The van der Waals surface area contributed by atoms with Gasteiger partial charge in [0.2, 0.25) is 5.91 Å². The standard InChI is InChI=1S/C10H19NO3/c1-6-11(5)8(12)7(2)10(3,4)9(13)14/h7H,6H2,1-5H3,(H,13,14). The van der Waals surface area contributed by atoms with Crippen LogP contribution in [0.2, 0.25) is 0 Å². The van der Waals surface area contributed by atoms with Crippen LogP contribution < -0.4 is 0 Å². The lowest BCUT2D eigenvalue weighted by atomic mass is 9.79. The molecule has 14 heavy (non-hydrogen) atoms. The van der Waals surface area contributed by atoms with Crippen molar-refractivity contribution in [2.45, 2.75) is 27.7 Å². The van der Waals surface area contributed by atoms with Gasteiger partial charge < -0.3 is 10.0 Å². The molecule has 0 fully saturated rings. The molecule has 0 aliphatic rings. The highest BCUT2D eigenvalue weighted by atomic mass is 16.4. The number of nitrogens with zero attached hydrogens (tertiary/aromatic N) is 1. The van der Waals surface area contributed by atoms with Crippen molar-refractivity contribution >= 4 is 11.9 Å². The lowest BCUT2D eigenvalue weighted by Crippen LogP contribution is -2.42. The SMILES string of the molecule is CCN(C)C(=O)C(C)C(C)(C)C(=O)O. The molecule has 1 unspecified atom stereocenters. The summed E-state index contributed by atoms with van der Waals surface area (Å²) in [5, 5.41) is 8.94. The highest BCUT2D eigenvalue weighted by molar-refractivity contribution is 5.86. The molecule has 1 atom stereocenters. The largest absolute Gasteiger partial charge is 0.481 e. The van der Waals surface area contributed by atoms with Crippen molar-refractivity contribution in [2.24, 2.45) is 11.3 Å². The molecule has 0 spiro atoms. The van der Waals surface area contributed by atoms with E-state index in [0.29, 0.717) is 6.54 Å². The van der Waals surface area contributed by atoms with Crippen molar-refractivity contribution in [3.05, 3.63) is 0 Å². The van der Waals surface area contributed by atoms with Crippen LogP contribution in [0.1, 0.15) is 27.7 Å². The number of hydrogen-bond donors (Lipinski definition) is 1. The molecule has 4 heteroatoms. The molecule has 0 saturated heterocycles. The minimum atomic E-state index is -1.01. The normalized spacial score (nSPS) is 13.5. The number of carboxylic acids is 1. The van der Waals surface area contributed by atoms with Crippen LogP contribution in [0.5, 0.6) is 0 Å². The fourth-order valence-corrected chi connectivity index (χ4v) is 0.980. The van der Waals surface area contributed by atoms with Gasteiger partial charge in [-0.3, -0.25) is 9.59 Å². The van der Waals surface area contributed by atoms with E-state index in [4.69, 9.17) is 5.11 Å². The Morgan fingerprint density at radius 2 is 1.86 bits per heavy atom. The smallest absolute Gasteiger partial charge is 0.309 e. The second kappa shape index (κ2) is 4.44. The van der Waals surface area contributed by atoms with Crippen molar-refractivity contribution in [3.8, 4) is 0 Å². The van der Waals surface area contributed by atoms with E-state index in [1.807, 2.05) is 6.92 Å². The molecule has 0 aliphatic heterocycles. The Labute approximate surface area is 84.9 Å². The topological polar surface area (TPSA) is 57.6 Å². The first-order chi connectivity index (χ1) is 6.25. The van der Waals surface area contributed by atoms with Crippen LogP contribution in [-0.4, -0.2) is 35.5 Å². The van der Waals surface area contributed by atoms with Gasteiger partial charge in [0.05, 0.1) is 11.3 Å². The number of carbonyl (C=O) groups excluding carboxylic acids is 1. The fraction of sp³-hybridized carbons (Fsp3) is 0.800. The summed E-state index contributed by atoms with van der Waals surface area (Å²) in [5.74, 6) is -1.58. The van der Waals surface area contributed by atoms with Crippen LogP contribution in [0, 0.1) is 11.3 Å². The Morgan fingerprint density at radius 3 is 2.14 bits per heavy atom. The van der Waals surface area contributed by atoms with Gasteiger partial charge in [-0.2, -0.15) is 0 Å². The van der Waals surface area contributed by atoms with Crippen molar-refractivity contribution in [3.63, 3.8) is 0 Å². The zero-order chi connectivity index (χ0) is 11.5. The molecule has 82 valence electrons. The summed E-state index contributed by atoms with van der Waals surface area (Å²) in [6.07, 6.45) is 0. The van der Waals surface area contributed by atoms with Crippen LogP contribution >= 0.6 is 0 Å². The average Bonchev–Trinajstić information content (AvgIpc) is 2.13. The van der Waals surface area contributed by atoms with Gasteiger partial charge in [0, 0.05) is 13.6 Å². The highest BCUT2D eigenvalue weighted by Gasteiger charge is 2.39. The quantitative estimate of drug-likeness (QED) is 0.743. The Hall–Kier alpha value is -1.06. The van der Waals surface area contributed by atoms with Gasteiger partial charge in [0.25, 0.3) is 0 Å². The molecule has 0 aliphatic carbocycles. The Morgan fingerprint density at radius 1 is 1.43 bits per heavy atom. The average molecular weight is 201 g/mol. The third-order valence-corrected chi connectivity index (χ3v) is 2.85. The molecule has 0 heterocycles. The van der Waals surface area contributed by atoms with Crippen molar-refractivity contribution in [1.29, 1.82) is 0 Å². The molecular formula is C10H19NO3. The lowest BCUT2D eigenvalue weighted by Gasteiger charge is -2.29. The molecule has 0 aromatic heterocycles. The van der Waals surface area contributed by atoms with E-state index in [1.165, 1.54) is 4.90 Å². The summed E-state index contributed by atoms with van der Waals surface area (Å²) in [5.41, 5.74) is -1.01. The zero-order valence-corrected chi connectivity index (χ0v) is 9.50. The predicted octanol–water partition coefficient (Wildman–Crippen LogP) is 1.21. The molecule has 1 N–H and O–H groups in total. The van der Waals surface area contributed by atoms with E-state index in [0.717, 1.165) is 0 Å². The molecule has 0 rings (SSSR count). The van der Waals surface area contributed by atoms with Crippen molar-refractivity contribution in [2.75, 3.05) is 13.6 Å². The maximum atomic E-state index is 11.7. The van der Waals surface area contributed by atoms with Gasteiger partial charge in [-0.15, -0.1) is 0 Å². The van der Waals surface area contributed by atoms with Crippen molar-refractivity contribution in [1.82, 2.24) is 4.90 Å². The number of carbonyl (C=O) groups is 2. The third kappa shape index (κ3) is 2.47. The second-order valence-electron chi connectivity index (χ2n) is 4.10. The molecule has 0 aromatic rings. The summed E-state index contributed by atoms with van der Waals surface area (Å²) in [7, 11) is 1.68. The number of carboxylic acid groups (broad SMARTS) is 1. The molecule has 0 saturated carbocycles. The first-order valence-corrected chi connectivity index (χ1v) is 4.73. The van der Waals surface area contributed by atoms with Gasteiger partial charge in [-0.25, -0.2) is 0 Å². The number of aliphatic carboxylic acids is 1. The monoisotopic (exact) mass is 201 g/mol. The van der Waals surface area contributed by atoms with Gasteiger partial charge in [-0.1, -0.05) is 6.92 Å². The summed E-state index contributed by atoms with van der Waals surface area (Å²) in [4.78, 5) is 24.1. The van der Waals surface area contributed by atoms with E-state index >= 15 is 0 Å². The maximum absolute atomic E-state index is 11.7. The predicted molar refractivity (Wildman–Crippen MR) is 53.9 cm³/mol. The molecular weight excluding hydrogens is 182 g/mol. The fourth-order valence-electron chi connectivity index (χ4n) is 0.980. The third-order valence-electron chi connectivity index (χ3n) is 2.85. The van der Waals surface area contributed by atoms with Crippen LogP contribution in [0.25, 0.3) is 0 Å². The van der Waals surface area contributed by atoms with E-state index in [9.17, 15) is 9.59 Å². The van der Waals surface area contributed by atoms with E-state index in [2.05, 4.69) is 0 Å². The van der Waals surface area contributed by atoms with E-state index < -0.39 is 17.3 Å². The number of rotatable bonds is 4. The van der Waals surface area contributed by atoms with Crippen molar-refractivity contribution < 1.29 is 14.7 Å². The molecule has 0 radical (unpaired) electrons. The Bertz CT molecular complexity index is 236. The van der Waals surface area contributed by atoms with Gasteiger partial charge in [0.15, 0.2) is 0 Å². The Kier molecular flexibility index (Phi) is 4.10. The van der Waals surface area contributed by atoms with Gasteiger partial charge in [-0.05, 0) is 20.8 Å². The van der Waals surface area contributed by atoms with E-state index in [1.54, 1.807) is 27.8 Å². The molecule has 0 bridgehead atoms. The summed E-state index contributed by atoms with van der Waals surface area (Å²) < 4.78 is 0. The van der Waals surface area contributed by atoms with Crippen LogP contribution in [-0.2, 0) is 9.59 Å². The van der Waals surface area contributed by atoms with Crippen LogP contribution in [0.3, 0.4) is 0 Å². The van der Waals surface area contributed by atoms with Gasteiger partial charge >= 0.3 is 5.97 Å². The minimum Gasteiger partial charge on any atom is -0.481 e. The maximum Gasteiger partial charge on any atom is 0.309 e. The lowest BCUT2D eigenvalue weighted by molar-refractivity contribution is -0.155. The summed E-state index contributed by atoms with van der Waals surface area (Å²) >= 11 is 0. The first kappa shape index (κ1) is 12.9. The number of amides is 1. The summed E-state index contributed by atoms with van der Waals surface area (Å²) in [6, 6.07) is 0. The van der Waals surface area contributed by atoms with Gasteiger partial charge in [0.1, 0.15) is 0 Å². The summed E-state index contributed by atoms with van der Waals surface area (Å²) in [6.45, 7) is 7.25. The van der Waals surface area contributed by atoms with Crippen LogP contribution in [0.4, 0.5) is 0 Å². The molecule has 1 amide bonds. The molecule has 4 nitrogen and oxygen atoms in total.